The van der Waals surface area contributed by atoms with E-state index in [0.29, 0.717) is 6.10 Å². The maximum Gasteiger partial charge on any atom is 0.183 e. The maximum absolute atomic E-state index is 5.62. The molecule has 0 aliphatic carbocycles. The summed E-state index contributed by atoms with van der Waals surface area (Å²) in [7, 11) is 0. The standard InChI is InChI=1S/C16H20N2OS/c1-11-5-7-13(8-6-11)15-12(2)20-16(18-15)17-10-14-4-3-9-19-14/h5-8,14H,3-4,9-10H2,1-2H3,(H,17,18)/t14-/m0/s1. The van der Waals surface area contributed by atoms with Gasteiger partial charge in [-0.15, -0.1) is 11.3 Å². The number of rotatable bonds is 4. The quantitative estimate of drug-likeness (QED) is 0.922. The van der Waals surface area contributed by atoms with Gasteiger partial charge in [-0.2, -0.15) is 0 Å². The van der Waals surface area contributed by atoms with E-state index in [2.05, 4.69) is 43.4 Å². The molecule has 1 aromatic carbocycles. The lowest BCUT2D eigenvalue weighted by Gasteiger charge is -2.09. The van der Waals surface area contributed by atoms with Crippen molar-refractivity contribution < 1.29 is 4.74 Å². The van der Waals surface area contributed by atoms with Gasteiger partial charge in [0.2, 0.25) is 0 Å². The van der Waals surface area contributed by atoms with E-state index in [1.165, 1.54) is 22.4 Å². The first-order chi connectivity index (χ1) is 9.72. The molecule has 0 saturated carbocycles. The van der Waals surface area contributed by atoms with Crippen LogP contribution in [0.15, 0.2) is 24.3 Å². The van der Waals surface area contributed by atoms with E-state index < -0.39 is 0 Å². The predicted molar refractivity (Wildman–Crippen MR) is 84.5 cm³/mol. The van der Waals surface area contributed by atoms with Crippen LogP contribution in [-0.4, -0.2) is 24.2 Å². The highest BCUT2D eigenvalue weighted by Crippen LogP contribution is 2.30. The second-order valence-corrected chi connectivity index (χ2v) is 6.51. The highest BCUT2D eigenvalue weighted by Gasteiger charge is 2.16. The molecule has 4 heteroatoms. The second-order valence-electron chi connectivity index (χ2n) is 5.31. The Morgan fingerprint density at radius 3 is 2.80 bits per heavy atom. The third kappa shape index (κ3) is 3.02. The summed E-state index contributed by atoms with van der Waals surface area (Å²) in [6.07, 6.45) is 2.68. The molecule has 0 spiro atoms. The zero-order valence-electron chi connectivity index (χ0n) is 12.0. The number of anilines is 1. The zero-order valence-corrected chi connectivity index (χ0v) is 12.8. The van der Waals surface area contributed by atoms with Crippen molar-refractivity contribution in [3.63, 3.8) is 0 Å². The van der Waals surface area contributed by atoms with Gasteiger partial charge in [0, 0.05) is 23.6 Å². The summed E-state index contributed by atoms with van der Waals surface area (Å²) >= 11 is 1.72. The summed E-state index contributed by atoms with van der Waals surface area (Å²) in [5, 5.41) is 4.41. The van der Waals surface area contributed by atoms with Crippen LogP contribution in [0.25, 0.3) is 11.3 Å². The molecule has 0 unspecified atom stereocenters. The smallest absolute Gasteiger partial charge is 0.183 e. The van der Waals surface area contributed by atoms with E-state index in [9.17, 15) is 0 Å². The Balaban J connectivity index is 1.71. The van der Waals surface area contributed by atoms with Crippen molar-refractivity contribution in [2.75, 3.05) is 18.5 Å². The number of nitrogens with zero attached hydrogens (tertiary/aromatic N) is 1. The van der Waals surface area contributed by atoms with E-state index >= 15 is 0 Å². The van der Waals surface area contributed by atoms with Crippen molar-refractivity contribution in [2.45, 2.75) is 32.8 Å². The number of hydrogen-bond donors (Lipinski definition) is 1. The largest absolute Gasteiger partial charge is 0.376 e. The van der Waals surface area contributed by atoms with Gasteiger partial charge >= 0.3 is 0 Å². The third-order valence-corrected chi connectivity index (χ3v) is 4.56. The highest BCUT2D eigenvalue weighted by molar-refractivity contribution is 7.16. The van der Waals surface area contributed by atoms with Crippen molar-refractivity contribution in [2.24, 2.45) is 0 Å². The number of benzene rings is 1. The summed E-state index contributed by atoms with van der Waals surface area (Å²) in [5.74, 6) is 0. The second kappa shape index (κ2) is 5.94. The number of nitrogens with one attached hydrogen (secondary N) is 1. The molecule has 2 aromatic rings. The normalized spacial score (nSPS) is 18.4. The molecule has 1 aromatic heterocycles. The molecular weight excluding hydrogens is 268 g/mol. The van der Waals surface area contributed by atoms with Crippen molar-refractivity contribution in [3.8, 4) is 11.3 Å². The van der Waals surface area contributed by atoms with Crippen LogP contribution in [0.3, 0.4) is 0 Å². The lowest BCUT2D eigenvalue weighted by atomic mass is 10.1. The summed E-state index contributed by atoms with van der Waals surface area (Å²) in [6, 6.07) is 8.55. The molecule has 0 amide bonds. The lowest BCUT2D eigenvalue weighted by molar-refractivity contribution is 0.120. The Morgan fingerprint density at radius 1 is 1.30 bits per heavy atom. The molecule has 1 atom stereocenters. The highest BCUT2D eigenvalue weighted by atomic mass is 32.1. The summed E-state index contributed by atoms with van der Waals surface area (Å²) in [4.78, 5) is 5.98. The van der Waals surface area contributed by atoms with Gasteiger partial charge in [0.05, 0.1) is 11.8 Å². The van der Waals surface area contributed by atoms with E-state index in [0.717, 1.165) is 30.4 Å². The molecule has 3 nitrogen and oxygen atoms in total. The van der Waals surface area contributed by atoms with Gasteiger partial charge in [0.1, 0.15) is 0 Å². The van der Waals surface area contributed by atoms with E-state index in [1.807, 2.05) is 0 Å². The fraction of sp³-hybridized carbons (Fsp3) is 0.438. The van der Waals surface area contributed by atoms with Crippen molar-refractivity contribution in [3.05, 3.63) is 34.7 Å². The minimum atomic E-state index is 0.349. The number of hydrogen-bond acceptors (Lipinski definition) is 4. The fourth-order valence-corrected chi connectivity index (χ4v) is 3.30. The summed E-state index contributed by atoms with van der Waals surface area (Å²) in [5.41, 5.74) is 3.55. The van der Waals surface area contributed by atoms with Gasteiger partial charge in [-0.3, -0.25) is 0 Å². The Labute approximate surface area is 124 Å². The van der Waals surface area contributed by atoms with Gasteiger partial charge in [0.15, 0.2) is 5.13 Å². The zero-order chi connectivity index (χ0) is 13.9. The van der Waals surface area contributed by atoms with Crippen LogP contribution in [0, 0.1) is 13.8 Å². The van der Waals surface area contributed by atoms with Gasteiger partial charge in [-0.1, -0.05) is 29.8 Å². The average Bonchev–Trinajstić information content (AvgIpc) is 3.07. The first-order valence-electron chi connectivity index (χ1n) is 7.12. The van der Waals surface area contributed by atoms with Gasteiger partial charge in [-0.25, -0.2) is 4.98 Å². The van der Waals surface area contributed by atoms with Crippen LogP contribution < -0.4 is 5.32 Å². The molecule has 1 aliphatic rings. The molecule has 1 N–H and O–H groups in total. The minimum Gasteiger partial charge on any atom is -0.376 e. The Kier molecular flexibility index (Phi) is 4.03. The van der Waals surface area contributed by atoms with Crippen molar-refractivity contribution in [1.29, 1.82) is 0 Å². The molecule has 20 heavy (non-hydrogen) atoms. The maximum atomic E-state index is 5.62. The molecular formula is C16H20N2OS. The fourth-order valence-electron chi connectivity index (χ4n) is 2.46. The molecule has 3 rings (SSSR count). The van der Waals surface area contributed by atoms with Crippen LogP contribution in [-0.2, 0) is 4.74 Å². The third-order valence-electron chi connectivity index (χ3n) is 3.63. The van der Waals surface area contributed by atoms with E-state index in [4.69, 9.17) is 9.72 Å². The SMILES string of the molecule is Cc1ccc(-c2nc(NC[C@@H]3CCCO3)sc2C)cc1. The van der Waals surface area contributed by atoms with Crippen molar-refractivity contribution in [1.82, 2.24) is 4.98 Å². The lowest BCUT2D eigenvalue weighted by Crippen LogP contribution is -2.18. The van der Waals surface area contributed by atoms with Crippen LogP contribution in [0.2, 0.25) is 0 Å². The van der Waals surface area contributed by atoms with Gasteiger partial charge in [0.25, 0.3) is 0 Å². The van der Waals surface area contributed by atoms with Gasteiger partial charge in [-0.05, 0) is 26.7 Å². The number of aryl methyl sites for hydroxylation is 2. The Bertz CT molecular complexity index is 571. The molecule has 106 valence electrons. The molecule has 0 radical (unpaired) electrons. The van der Waals surface area contributed by atoms with Crippen molar-refractivity contribution >= 4 is 16.5 Å². The number of thiazole rings is 1. The molecule has 0 bridgehead atoms. The summed E-state index contributed by atoms with van der Waals surface area (Å²) in [6.45, 7) is 5.99. The number of aromatic nitrogens is 1. The van der Waals surface area contributed by atoms with Gasteiger partial charge < -0.3 is 10.1 Å². The Morgan fingerprint density at radius 2 is 2.10 bits per heavy atom. The molecule has 1 saturated heterocycles. The average molecular weight is 288 g/mol. The van der Waals surface area contributed by atoms with E-state index in [-0.39, 0.29) is 0 Å². The monoisotopic (exact) mass is 288 g/mol. The molecule has 1 aliphatic heterocycles. The molecule has 2 heterocycles. The van der Waals surface area contributed by atoms with Crippen LogP contribution in [0.5, 0.6) is 0 Å². The Hall–Kier alpha value is -1.39. The minimum absolute atomic E-state index is 0.349. The first-order valence-corrected chi connectivity index (χ1v) is 7.94. The predicted octanol–water partition coefficient (Wildman–Crippen LogP) is 4.02. The first kappa shape index (κ1) is 13.6. The number of ether oxygens (including phenoxy) is 1. The van der Waals surface area contributed by atoms with Crippen LogP contribution in [0.4, 0.5) is 5.13 Å². The van der Waals surface area contributed by atoms with E-state index in [1.54, 1.807) is 11.3 Å². The molecule has 1 fully saturated rings. The van der Waals surface area contributed by atoms with Crippen LogP contribution >= 0.6 is 11.3 Å². The summed E-state index contributed by atoms with van der Waals surface area (Å²) < 4.78 is 5.62. The van der Waals surface area contributed by atoms with Crippen LogP contribution in [0.1, 0.15) is 23.3 Å². The topological polar surface area (TPSA) is 34.2 Å².